The molecule has 11 heteroatoms. The Morgan fingerprint density at radius 1 is 1.00 bits per heavy atom. The van der Waals surface area contributed by atoms with E-state index in [1.54, 1.807) is 53.1 Å². The molecule has 2 heterocycles. The topological polar surface area (TPSA) is 134 Å². The maximum Gasteiger partial charge on any atom is 0.430 e. The quantitative estimate of drug-likeness (QED) is 0.274. The molecule has 3 N–H and O–H groups in total. The Bertz CT molecular complexity index is 1230. The Balaban J connectivity index is 1.37. The highest BCUT2D eigenvalue weighted by atomic mass is 31.2. The van der Waals surface area contributed by atoms with Crippen LogP contribution in [0.4, 0.5) is 5.95 Å². The summed E-state index contributed by atoms with van der Waals surface area (Å²) in [4.78, 5) is 22.4. The van der Waals surface area contributed by atoms with E-state index in [4.69, 9.17) is 19.5 Å². The summed E-state index contributed by atoms with van der Waals surface area (Å²) in [5.74, 6) is 0.930. The number of imidazole rings is 1. The van der Waals surface area contributed by atoms with Crippen molar-refractivity contribution in [2.75, 3.05) is 18.5 Å². The molecule has 4 aromatic rings. The molecule has 166 valence electrons. The third-order valence-corrected chi connectivity index (χ3v) is 6.26. The van der Waals surface area contributed by atoms with Gasteiger partial charge in [0.05, 0.1) is 12.5 Å². The minimum atomic E-state index is -3.49. The number of nitrogens with one attached hydrogen (secondary N) is 1. The molecule has 0 saturated carbocycles. The minimum absolute atomic E-state index is 0.00121. The number of nitrogen functional groups attached to an aromatic ring is 1. The van der Waals surface area contributed by atoms with Gasteiger partial charge in [-0.15, -0.1) is 0 Å². The lowest BCUT2D eigenvalue weighted by Crippen LogP contribution is -2.13. The van der Waals surface area contributed by atoms with Crippen molar-refractivity contribution in [3.63, 3.8) is 0 Å². The average Bonchev–Trinajstić information content (AvgIpc) is 3.18. The van der Waals surface area contributed by atoms with Gasteiger partial charge in [-0.2, -0.15) is 4.98 Å². The van der Waals surface area contributed by atoms with Gasteiger partial charge in [0.2, 0.25) is 5.95 Å². The lowest BCUT2D eigenvalue weighted by Gasteiger charge is -2.20. The summed E-state index contributed by atoms with van der Waals surface area (Å²) < 4.78 is 32.1. The number of fused-ring (bicyclic) bond motifs is 1. The monoisotopic (exact) mass is 455 g/mol. The standard InChI is InChI=1S/C21H22N5O5P/c22-21-24-19-18(20(27)25-21)23-14-26(19)15-29-12-7-13-32(28,30-16-8-3-1-4-9-16)31-17-10-5-2-6-11-17/h1-6,8-11,14H,7,12-13,15H2,(H3,22,24,25,27). The zero-order valence-corrected chi connectivity index (χ0v) is 18.0. The van der Waals surface area contributed by atoms with Crippen LogP contribution in [0.2, 0.25) is 0 Å². The predicted octanol–water partition coefficient (Wildman–Crippen LogP) is 3.42. The number of nitrogens with two attached hydrogens (primary N) is 1. The van der Waals surface area contributed by atoms with Gasteiger partial charge in [-0.25, -0.2) is 9.55 Å². The molecule has 0 atom stereocenters. The molecule has 0 aliphatic heterocycles. The van der Waals surface area contributed by atoms with Crippen LogP contribution in [0.3, 0.4) is 0 Å². The third kappa shape index (κ3) is 5.35. The molecule has 0 unspecified atom stereocenters. The molecule has 2 aromatic heterocycles. The van der Waals surface area contributed by atoms with Gasteiger partial charge in [-0.1, -0.05) is 36.4 Å². The first-order valence-corrected chi connectivity index (χ1v) is 11.6. The number of aromatic amines is 1. The number of rotatable bonds is 10. The zero-order chi connectivity index (χ0) is 22.4. The number of nitrogens with zero attached hydrogens (tertiary/aromatic N) is 3. The molecular formula is C21H22N5O5P. The minimum Gasteiger partial charge on any atom is -0.416 e. The van der Waals surface area contributed by atoms with E-state index in [1.165, 1.54) is 6.33 Å². The molecule has 10 nitrogen and oxygen atoms in total. The fourth-order valence-electron chi connectivity index (χ4n) is 2.98. The largest absolute Gasteiger partial charge is 0.430 e. The van der Waals surface area contributed by atoms with E-state index in [9.17, 15) is 9.36 Å². The number of anilines is 1. The number of para-hydroxylation sites is 2. The van der Waals surface area contributed by atoms with Gasteiger partial charge in [0.25, 0.3) is 5.56 Å². The summed E-state index contributed by atoms with van der Waals surface area (Å²) in [5, 5.41) is 0. The van der Waals surface area contributed by atoms with Gasteiger partial charge in [-0.3, -0.25) is 14.3 Å². The van der Waals surface area contributed by atoms with Crippen molar-refractivity contribution in [2.45, 2.75) is 13.2 Å². The lowest BCUT2D eigenvalue weighted by atomic mass is 10.3. The summed E-state index contributed by atoms with van der Waals surface area (Å²) in [6.45, 7) is 0.383. The fraction of sp³-hybridized carbons (Fsp3) is 0.190. The van der Waals surface area contributed by atoms with Crippen LogP contribution in [-0.4, -0.2) is 32.3 Å². The zero-order valence-electron chi connectivity index (χ0n) is 17.1. The molecule has 0 spiro atoms. The maximum atomic E-state index is 13.4. The van der Waals surface area contributed by atoms with Gasteiger partial charge in [0, 0.05) is 6.61 Å². The molecule has 2 aromatic carbocycles. The van der Waals surface area contributed by atoms with Crippen molar-refractivity contribution in [3.8, 4) is 11.5 Å². The molecule has 0 aliphatic rings. The molecular weight excluding hydrogens is 433 g/mol. The average molecular weight is 455 g/mol. The van der Waals surface area contributed by atoms with Crippen molar-refractivity contribution >= 4 is 24.7 Å². The Morgan fingerprint density at radius 3 is 2.25 bits per heavy atom. The van der Waals surface area contributed by atoms with E-state index in [-0.39, 0.29) is 31.0 Å². The normalized spacial score (nSPS) is 11.5. The first-order chi connectivity index (χ1) is 15.5. The molecule has 0 bridgehead atoms. The van der Waals surface area contributed by atoms with Gasteiger partial charge < -0.3 is 19.5 Å². The Kier molecular flexibility index (Phi) is 6.53. The van der Waals surface area contributed by atoms with E-state index in [1.807, 2.05) is 12.1 Å². The molecule has 0 fully saturated rings. The fourth-order valence-corrected chi connectivity index (χ4v) is 4.60. The number of ether oxygens (including phenoxy) is 1. The van der Waals surface area contributed by atoms with Crippen LogP contribution in [0.25, 0.3) is 11.2 Å². The van der Waals surface area contributed by atoms with Crippen molar-refractivity contribution in [1.82, 2.24) is 19.5 Å². The van der Waals surface area contributed by atoms with Crippen LogP contribution in [-0.2, 0) is 16.0 Å². The number of hydrogen-bond donors (Lipinski definition) is 2. The van der Waals surface area contributed by atoms with Crippen molar-refractivity contribution in [1.29, 1.82) is 0 Å². The van der Waals surface area contributed by atoms with Crippen LogP contribution in [0, 0.1) is 0 Å². The van der Waals surface area contributed by atoms with Crippen molar-refractivity contribution in [3.05, 3.63) is 77.3 Å². The SMILES string of the molecule is Nc1nc2c(ncn2COCCCP(=O)(Oc2ccccc2)Oc2ccccc2)c(=O)[nH]1. The van der Waals surface area contributed by atoms with Gasteiger partial charge in [-0.05, 0) is 30.7 Å². The Hall–Kier alpha value is -3.62. The first kappa shape index (κ1) is 21.6. The summed E-state index contributed by atoms with van der Waals surface area (Å²) in [6, 6.07) is 17.8. The van der Waals surface area contributed by atoms with Gasteiger partial charge >= 0.3 is 7.60 Å². The molecule has 0 aliphatic carbocycles. The second-order valence-electron chi connectivity index (χ2n) is 6.87. The number of H-pyrrole nitrogens is 1. The van der Waals surface area contributed by atoms with Crippen LogP contribution < -0.4 is 20.3 Å². The summed E-state index contributed by atoms with van der Waals surface area (Å²) in [7, 11) is -3.49. The summed E-state index contributed by atoms with van der Waals surface area (Å²) >= 11 is 0. The van der Waals surface area contributed by atoms with E-state index >= 15 is 0 Å². The molecule has 0 amide bonds. The van der Waals surface area contributed by atoms with Crippen LogP contribution in [0.5, 0.6) is 11.5 Å². The molecule has 0 radical (unpaired) electrons. The van der Waals surface area contributed by atoms with Crippen molar-refractivity contribution in [2.24, 2.45) is 0 Å². The number of hydrogen-bond acceptors (Lipinski definition) is 8. The van der Waals surface area contributed by atoms with Crippen LogP contribution in [0.15, 0.2) is 71.8 Å². The van der Waals surface area contributed by atoms with Gasteiger partial charge in [0.15, 0.2) is 11.2 Å². The van der Waals surface area contributed by atoms with Gasteiger partial charge in [0.1, 0.15) is 18.2 Å². The highest BCUT2D eigenvalue weighted by Crippen LogP contribution is 2.48. The third-order valence-electron chi connectivity index (χ3n) is 4.42. The second kappa shape index (κ2) is 9.67. The summed E-state index contributed by atoms with van der Waals surface area (Å²) in [6.07, 6.45) is 2.01. The smallest absolute Gasteiger partial charge is 0.416 e. The maximum absolute atomic E-state index is 13.4. The second-order valence-corrected chi connectivity index (χ2v) is 8.91. The van der Waals surface area contributed by atoms with E-state index in [2.05, 4.69) is 15.0 Å². The van der Waals surface area contributed by atoms with Crippen LogP contribution >= 0.6 is 7.60 Å². The first-order valence-electron chi connectivity index (χ1n) is 9.89. The number of benzene rings is 2. The van der Waals surface area contributed by atoms with E-state index in [0.717, 1.165) is 0 Å². The highest BCUT2D eigenvalue weighted by Gasteiger charge is 2.27. The molecule has 32 heavy (non-hydrogen) atoms. The highest BCUT2D eigenvalue weighted by molar-refractivity contribution is 7.54. The number of aromatic nitrogens is 4. The molecule has 0 saturated heterocycles. The Labute approximate surface area is 183 Å². The Morgan fingerprint density at radius 2 is 1.62 bits per heavy atom. The van der Waals surface area contributed by atoms with Crippen LogP contribution in [0.1, 0.15) is 6.42 Å². The van der Waals surface area contributed by atoms with Crippen molar-refractivity contribution < 1.29 is 18.3 Å². The molecule has 4 rings (SSSR count). The lowest BCUT2D eigenvalue weighted by molar-refractivity contribution is 0.0795. The van der Waals surface area contributed by atoms with E-state index in [0.29, 0.717) is 23.6 Å². The summed E-state index contributed by atoms with van der Waals surface area (Å²) in [5.41, 5.74) is 5.69. The van der Waals surface area contributed by atoms with E-state index < -0.39 is 13.2 Å². The predicted molar refractivity (Wildman–Crippen MR) is 120 cm³/mol.